The number of rotatable bonds is 6. The van der Waals surface area contributed by atoms with Crippen LogP contribution in [0.15, 0.2) is 17.1 Å². The SMILES string of the molecule is COc1cn(CC(=O)Nc2n[nH]c(CC(C)C)n2)c(C)cc1=O. The van der Waals surface area contributed by atoms with E-state index in [9.17, 15) is 9.59 Å². The maximum atomic E-state index is 12.1. The second-order valence-electron chi connectivity index (χ2n) is 5.73. The molecule has 2 heterocycles. The molecular formula is C15H21N5O3. The molecule has 0 aliphatic heterocycles. The number of ether oxygens (including phenoxy) is 1. The summed E-state index contributed by atoms with van der Waals surface area (Å²) >= 11 is 0. The lowest BCUT2D eigenvalue weighted by Crippen LogP contribution is -2.22. The van der Waals surface area contributed by atoms with Gasteiger partial charge >= 0.3 is 0 Å². The number of aromatic amines is 1. The van der Waals surface area contributed by atoms with Crippen LogP contribution < -0.4 is 15.5 Å². The van der Waals surface area contributed by atoms with Gasteiger partial charge in [-0.1, -0.05) is 13.8 Å². The molecule has 124 valence electrons. The van der Waals surface area contributed by atoms with E-state index in [-0.39, 0.29) is 29.6 Å². The van der Waals surface area contributed by atoms with Gasteiger partial charge in [-0.2, -0.15) is 4.98 Å². The predicted octanol–water partition coefficient (Wildman–Crippen LogP) is 1.12. The van der Waals surface area contributed by atoms with Crippen molar-refractivity contribution < 1.29 is 9.53 Å². The molecule has 2 N–H and O–H groups in total. The quantitative estimate of drug-likeness (QED) is 0.831. The molecule has 0 fully saturated rings. The van der Waals surface area contributed by atoms with E-state index in [2.05, 4.69) is 34.3 Å². The third kappa shape index (κ3) is 4.41. The summed E-state index contributed by atoms with van der Waals surface area (Å²) in [6.07, 6.45) is 2.28. The van der Waals surface area contributed by atoms with Gasteiger partial charge in [-0.15, -0.1) is 5.10 Å². The zero-order valence-corrected chi connectivity index (χ0v) is 13.7. The van der Waals surface area contributed by atoms with Gasteiger partial charge in [-0.05, 0) is 12.8 Å². The van der Waals surface area contributed by atoms with Crippen LogP contribution >= 0.6 is 0 Å². The van der Waals surface area contributed by atoms with Crippen molar-refractivity contribution in [3.8, 4) is 5.75 Å². The molecule has 2 aromatic heterocycles. The minimum atomic E-state index is -0.283. The normalized spacial score (nSPS) is 10.8. The lowest BCUT2D eigenvalue weighted by molar-refractivity contribution is -0.116. The molecule has 1 amide bonds. The second-order valence-corrected chi connectivity index (χ2v) is 5.73. The molecule has 2 aromatic rings. The highest BCUT2D eigenvalue weighted by Crippen LogP contribution is 2.08. The van der Waals surface area contributed by atoms with E-state index in [0.717, 1.165) is 12.2 Å². The summed E-state index contributed by atoms with van der Waals surface area (Å²) in [5, 5.41) is 9.40. The molecule has 8 heteroatoms. The highest BCUT2D eigenvalue weighted by molar-refractivity contribution is 5.88. The van der Waals surface area contributed by atoms with Crippen LogP contribution in [0.5, 0.6) is 5.75 Å². The minimum absolute atomic E-state index is 0.0382. The lowest BCUT2D eigenvalue weighted by Gasteiger charge is -2.11. The number of H-pyrrole nitrogens is 1. The van der Waals surface area contributed by atoms with Gasteiger partial charge in [-0.3, -0.25) is 20.0 Å². The number of nitrogens with zero attached hydrogens (tertiary/aromatic N) is 3. The molecule has 0 spiro atoms. The summed E-state index contributed by atoms with van der Waals surface area (Å²) in [7, 11) is 1.42. The van der Waals surface area contributed by atoms with Crippen molar-refractivity contribution in [2.24, 2.45) is 5.92 Å². The largest absolute Gasteiger partial charge is 0.491 e. The number of aromatic nitrogens is 4. The number of anilines is 1. The van der Waals surface area contributed by atoms with Crippen LogP contribution in [0.4, 0.5) is 5.95 Å². The van der Waals surface area contributed by atoms with Crippen molar-refractivity contribution in [3.05, 3.63) is 34.0 Å². The van der Waals surface area contributed by atoms with Crippen molar-refractivity contribution in [3.63, 3.8) is 0 Å². The van der Waals surface area contributed by atoms with Crippen LogP contribution in [0.3, 0.4) is 0 Å². The van der Waals surface area contributed by atoms with Crippen LogP contribution in [0.2, 0.25) is 0 Å². The molecule has 0 bridgehead atoms. The molecular weight excluding hydrogens is 298 g/mol. The summed E-state index contributed by atoms with van der Waals surface area (Å²) in [5.41, 5.74) is 0.454. The summed E-state index contributed by atoms with van der Waals surface area (Å²) < 4.78 is 6.62. The predicted molar refractivity (Wildman–Crippen MR) is 85.5 cm³/mol. The number of aryl methyl sites for hydroxylation is 1. The first kappa shape index (κ1) is 16.7. The van der Waals surface area contributed by atoms with Crippen LogP contribution in [0, 0.1) is 12.8 Å². The Kier molecular flexibility index (Phi) is 5.15. The Morgan fingerprint density at radius 1 is 1.48 bits per heavy atom. The molecule has 0 atom stereocenters. The number of hydrogen-bond donors (Lipinski definition) is 2. The Bertz CT molecular complexity index is 748. The molecule has 0 aromatic carbocycles. The van der Waals surface area contributed by atoms with Crippen molar-refractivity contribution in [2.45, 2.75) is 33.7 Å². The van der Waals surface area contributed by atoms with E-state index in [1.54, 1.807) is 11.5 Å². The minimum Gasteiger partial charge on any atom is -0.491 e. The Balaban J connectivity index is 2.05. The Labute approximate surface area is 133 Å². The summed E-state index contributed by atoms with van der Waals surface area (Å²) in [5.74, 6) is 1.34. The molecule has 0 saturated carbocycles. The molecule has 0 radical (unpaired) electrons. The van der Waals surface area contributed by atoms with E-state index in [4.69, 9.17) is 4.74 Å². The lowest BCUT2D eigenvalue weighted by atomic mass is 10.1. The van der Waals surface area contributed by atoms with E-state index in [1.165, 1.54) is 19.4 Å². The fourth-order valence-corrected chi connectivity index (χ4v) is 2.12. The van der Waals surface area contributed by atoms with Crippen molar-refractivity contribution >= 4 is 11.9 Å². The van der Waals surface area contributed by atoms with Gasteiger partial charge in [0.1, 0.15) is 12.4 Å². The van der Waals surface area contributed by atoms with E-state index < -0.39 is 0 Å². The van der Waals surface area contributed by atoms with Crippen molar-refractivity contribution in [2.75, 3.05) is 12.4 Å². The fraction of sp³-hybridized carbons (Fsp3) is 0.467. The number of carbonyl (C=O) groups excluding carboxylic acids is 1. The first-order valence-electron chi connectivity index (χ1n) is 7.35. The Hall–Kier alpha value is -2.64. The van der Waals surface area contributed by atoms with Crippen molar-refractivity contribution in [1.29, 1.82) is 0 Å². The second kappa shape index (κ2) is 7.08. The average Bonchev–Trinajstić information content (AvgIpc) is 2.88. The Morgan fingerprint density at radius 2 is 2.22 bits per heavy atom. The third-order valence-corrected chi connectivity index (χ3v) is 3.23. The van der Waals surface area contributed by atoms with Gasteiger partial charge in [0.25, 0.3) is 0 Å². The number of pyridine rings is 1. The zero-order chi connectivity index (χ0) is 17.0. The van der Waals surface area contributed by atoms with Gasteiger partial charge in [-0.25, -0.2) is 0 Å². The maximum absolute atomic E-state index is 12.1. The van der Waals surface area contributed by atoms with Crippen LogP contribution in [0.25, 0.3) is 0 Å². The number of carbonyl (C=O) groups is 1. The molecule has 0 aliphatic rings. The monoisotopic (exact) mass is 319 g/mol. The van der Waals surface area contributed by atoms with Crippen LogP contribution in [-0.2, 0) is 17.8 Å². The average molecular weight is 319 g/mol. The summed E-state index contributed by atoms with van der Waals surface area (Å²) in [6, 6.07) is 1.43. The van der Waals surface area contributed by atoms with Gasteiger partial charge in [0.2, 0.25) is 17.3 Å². The number of hydrogen-bond acceptors (Lipinski definition) is 5. The fourth-order valence-electron chi connectivity index (χ4n) is 2.12. The zero-order valence-electron chi connectivity index (χ0n) is 13.7. The molecule has 0 aliphatic carbocycles. The van der Waals surface area contributed by atoms with Crippen molar-refractivity contribution in [1.82, 2.24) is 19.7 Å². The van der Waals surface area contributed by atoms with E-state index in [1.807, 2.05) is 0 Å². The van der Waals surface area contributed by atoms with E-state index in [0.29, 0.717) is 11.6 Å². The number of methoxy groups -OCH3 is 1. The number of amides is 1. The molecule has 8 nitrogen and oxygen atoms in total. The third-order valence-electron chi connectivity index (χ3n) is 3.23. The Morgan fingerprint density at radius 3 is 2.87 bits per heavy atom. The molecule has 23 heavy (non-hydrogen) atoms. The molecule has 2 rings (SSSR count). The highest BCUT2D eigenvalue weighted by Gasteiger charge is 2.11. The highest BCUT2D eigenvalue weighted by atomic mass is 16.5. The van der Waals surface area contributed by atoms with Gasteiger partial charge in [0.05, 0.1) is 13.3 Å². The summed E-state index contributed by atoms with van der Waals surface area (Å²) in [6.45, 7) is 5.94. The van der Waals surface area contributed by atoms with Crippen LogP contribution in [-0.4, -0.2) is 32.8 Å². The smallest absolute Gasteiger partial charge is 0.248 e. The van der Waals surface area contributed by atoms with Crippen LogP contribution in [0.1, 0.15) is 25.4 Å². The van der Waals surface area contributed by atoms with Gasteiger partial charge < -0.3 is 9.30 Å². The van der Waals surface area contributed by atoms with E-state index >= 15 is 0 Å². The first-order valence-corrected chi connectivity index (χ1v) is 7.35. The topological polar surface area (TPSA) is 102 Å². The molecule has 0 unspecified atom stereocenters. The first-order chi connectivity index (χ1) is 10.9. The maximum Gasteiger partial charge on any atom is 0.248 e. The van der Waals surface area contributed by atoms with Gasteiger partial charge in [0.15, 0.2) is 5.75 Å². The number of nitrogens with one attached hydrogen (secondary N) is 2. The molecule has 0 saturated heterocycles. The standard InChI is InChI=1S/C15H21N5O3/c1-9(2)5-13-16-15(19-18-13)17-14(22)8-20-7-12(23-4)11(21)6-10(20)3/h6-7,9H,5,8H2,1-4H3,(H2,16,17,18,19,22). The summed E-state index contributed by atoms with van der Waals surface area (Å²) in [4.78, 5) is 28.0. The van der Waals surface area contributed by atoms with Gasteiger partial charge in [0, 0.05) is 18.2 Å².